The standard InChI is InChI=1S/C18H22N4O2S/c1-24-16-8-2-13(3-9-16)10-21(14-4-5-14)17(23)11-25-18-20-19-12-22(18)15-6-7-15/h2-3,8-9,12,14-15H,4-7,10-11H2,1H3. The molecule has 6 nitrogen and oxygen atoms in total. The Kier molecular flexibility index (Phi) is 4.65. The number of nitrogens with zero attached hydrogens (tertiary/aromatic N) is 4. The van der Waals surface area contributed by atoms with Crippen molar-refractivity contribution in [1.82, 2.24) is 19.7 Å². The molecular weight excluding hydrogens is 336 g/mol. The molecule has 132 valence electrons. The van der Waals surface area contributed by atoms with E-state index in [2.05, 4.69) is 14.8 Å². The Labute approximate surface area is 151 Å². The minimum absolute atomic E-state index is 0.175. The summed E-state index contributed by atoms with van der Waals surface area (Å²) in [6, 6.07) is 8.86. The average Bonchev–Trinajstić information content (AvgIpc) is 3.57. The number of rotatable bonds is 8. The highest BCUT2D eigenvalue weighted by molar-refractivity contribution is 7.99. The topological polar surface area (TPSA) is 60.2 Å². The number of carbonyl (C=O) groups excluding carboxylic acids is 1. The third-order valence-electron chi connectivity index (χ3n) is 4.63. The van der Waals surface area contributed by atoms with Gasteiger partial charge in [0, 0.05) is 18.6 Å². The maximum absolute atomic E-state index is 12.8. The van der Waals surface area contributed by atoms with E-state index >= 15 is 0 Å². The first kappa shape index (κ1) is 16.4. The molecule has 0 aliphatic heterocycles. The van der Waals surface area contributed by atoms with Crippen LogP contribution in [0.3, 0.4) is 0 Å². The summed E-state index contributed by atoms with van der Waals surface area (Å²) in [7, 11) is 1.66. The summed E-state index contributed by atoms with van der Waals surface area (Å²) in [5, 5.41) is 9.01. The summed E-state index contributed by atoms with van der Waals surface area (Å²) in [6.45, 7) is 0.656. The Balaban J connectivity index is 1.38. The van der Waals surface area contributed by atoms with Gasteiger partial charge in [0.15, 0.2) is 5.16 Å². The summed E-state index contributed by atoms with van der Waals surface area (Å²) in [5.41, 5.74) is 1.13. The smallest absolute Gasteiger partial charge is 0.233 e. The summed E-state index contributed by atoms with van der Waals surface area (Å²) >= 11 is 1.50. The van der Waals surface area contributed by atoms with Crippen molar-refractivity contribution in [3.05, 3.63) is 36.2 Å². The van der Waals surface area contributed by atoms with Crippen LogP contribution in [0.2, 0.25) is 0 Å². The molecule has 1 aromatic heterocycles. The lowest BCUT2D eigenvalue weighted by Gasteiger charge is -2.22. The average molecular weight is 358 g/mol. The molecule has 0 unspecified atom stereocenters. The predicted molar refractivity (Wildman–Crippen MR) is 95.6 cm³/mol. The quantitative estimate of drug-likeness (QED) is 0.679. The van der Waals surface area contributed by atoms with Crippen molar-refractivity contribution in [1.29, 1.82) is 0 Å². The number of carbonyl (C=O) groups is 1. The number of thioether (sulfide) groups is 1. The van der Waals surface area contributed by atoms with Gasteiger partial charge in [-0.3, -0.25) is 4.79 Å². The van der Waals surface area contributed by atoms with Crippen LogP contribution in [0.1, 0.15) is 37.3 Å². The van der Waals surface area contributed by atoms with Crippen LogP contribution in [0.5, 0.6) is 5.75 Å². The van der Waals surface area contributed by atoms with Crippen molar-refractivity contribution in [3.8, 4) is 5.75 Å². The zero-order valence-corrected chi connectivity index (χ0v) is 15.1. The van der Waals surface area contributed by atoms with E-state index in [1.807, 2.05) is 29.2 Å². The largest absolute Gasteiger partial charge is 0.497 e. The summed E-state index contributed by atoms with van der Waals surface area (Å²) in [6.07, 6.45) is 6.35. The van der Waals surface area contributed by atoms with Crippen LogP contribution in [0.25, 0.3) is 0 Å². The lowest BCUT2D eigenvalue weighted by atomic mass is 10.2. The highest BCUT2D eigenvalue weighted by Crippen LogP contribution is 2.37. The van der Waals surface area contributed by atoms with Gasteiger partial charge in [-0.05, 0) is 43.4 Å². The highest BCUT2D eigenvalue weighted by Gasteiger charge is 2.33. The minimum atomic E-state index is 0.175. The Hall–Kier alpha value is -2.02. The van der Waals surface area contributed by atoms with Gasteiger partial charge in [0.05, 0.1) is 12.9 Å². The minimum Gasteiger partial charge on any atom is -0.497 e. The maximum atomic E-state index is 12.8. The molecule has 2 fully saturated rings. The van der Waals surface area contributed by atoms with Gasteiger partial charge in [-0.1, -0.05) is 23.9 Å². The van der Waals surface area contributed by atoms with Crippen LogP contribution >= 0.6 is 11.8 Å². The van der Waals surface area contributed by atoms with Crippen molar-refractivity contribution in [3.63, 3.8) is 0 Å². The van der Waals surface area contributed by atoms with Gasteiger partial charge in [0.25, 0.3) is 0 Å². The van der Waals surface area contributed by atoms with E-state index < -0.39 is 0 Å². The predicted octanol–water partition coefficient (Wildman–Crippen LogP) is 2.90. The number of ether oxygens (including phenoxy) is 1. The third-order valence-corrected chi connectivity index (χ3v) is 5.57. The summed E-state index contributed by atoms with van der Waals surface area (Å²) < 4.78 is 7.30. The first-order chi connectivity index (χ1) is 12.2. The number of methoxy groups -OCH3 is 1. The van der Waals surface area contributed by atoms with Crippen LogP contribution in [-0.4, -0.2) is 44.5 Å². The van der Waals surface area contributed by atoms with Crippen LogP contribution < -0.4 is 4.74 Å². The van der Waals surface area contributed by atoms with Crippen LogP contribution in [0.4, 0.5) is 0 Å². The lowest BCUT2D eigenvalue weighted by molar-refractivity contribution is -0.129. The lowest BCUT2D eigenvalue weighted by Crippen LogP contribution is -2.34. The molecule has 0 saturated heterocycles. The van der Waals surface area contributed by atoms with Gasteiger partial charge in [-0.2, -0.15) is 0 Å². The number of hydrogen-bond donors (Lipinski definition) is 0. The monoisotopic (exact) mass is 358 g/mol. The molecule has 0 N–H and O–H groups in total. The third kappa shape index (κ3) is 3.98. The van der Waals surface area contributed by atoms with Gasteiger partial charge in [-0.15, -0.1) is 10.2 Å². The van der Waals surface area contributed by atoms with Gasteiger partial charge in [0.2, 0.25) is 5.91 Å². The number of benzene rings is 1. The fraction of sp³-hybridized carbons (Fsp3) is 0.500. The number of hydrogen-bond acceptors (Lipinski definition) is 5. The van der Waals surface area contributed by atoms with E-state index in [1.54, 1.807) is 13.4 Å². The molecule has 0 radical (unpaired) electrons. The summed E-state index contributed by atoms with van der Waals surface area (Å²) in [4.78, 5) is 14.8. The second-order valence-corrected chi connectivity index (χ2v) is 7.58. The Morgan fingerprint density at radius 3 is 2.68 bits per heavy atom. The second kappa shape index (κ2) is 7.07. The highest BCUT2D eigenvalue weighted by atomic mass is 32.2. The molecule has 2 saturated carbocycles. The first-order valence-electron chi connectivity index (χ1n) is 8.69. The van der Waals surface area contributed by atoms with Crippen molar-refractivity contribution in [2.24, 2.45) is 0 Å². The van der Waals surface area contributed by atoms with Crippen molar-refractivity contribution >= 4 is 17.7 Å². The molecule has 1 aromatic carbocycles. The molecule has 2 aliphatic rings. The molecule has 2 aromatic rings. The molecule has 2 aliphatic carbocycles. The molecule has 0 spiro atoms. The normalized spacial score (nSPS) is 16.7. The molecule has 7 heteroatoms. The van der Waals surface area contributed by atoms with E-state index in [0.717, 1.165) is 29.3 Å². The van der Waals surface area contributed by atoms with Gasteiger partial charge >= 0.3 is 0 Å². The van der Waals surface area contributed by atoms with Gasteiger partial charge < -0.3 is 14.2 Å². The molecule has 0 atom stereocenters. The second-order valence-electron chi connectivity index (χ2n) is 6.64. The van der Waals surface area contributed by atoms with Crippen molar-refractivity contribution in [2.75, 3.05) is 12.9 Å². The zero-order valence-electron chi connectivity index (χ0n) is 14.3. The Morgan fingerprint density at radius 2 is 2.04 bits per heavy atom. The van der Waals surface area contributed by atoms with Gasteiger partial charge in [-0.25, -0.2) is 0 Å². The fourth-order valence-corrected chi connectivity index (χ4v) is 3.75. The summed E-state index contributed by atoms with van der Waals surface area (Å²) in [5.74, 6) is 1.43. The van der Waals surface area contributed by atoms with E-state index in [9.17, 15) is 4.79 Å². The number of aromatic nitrogens is 3. The zero-order chi connectivity index (χ0) is 17.2. The molecule has 1 heterocycles. The molecule has 4 rings (SSSR count). The first-order valence-corrected chi connectivity index (χ1v) is 9.68. The Morgan fingerprint density at radius 1 is 1.28 bits per heavy atom. The molecular formula is C18H22N4O2S. The SMILES string of the molecule is COc1ccc(CN(C(=O)CSc2nncn2C2CC2)C2CC2)cc1. The van der Waals surface area contributed by atoms with Crippen LogP contribution in [0.15, 0.2) is 35.7 Å². The van der Waals surface area contributed by atoms with Crippen molar-refractivity contribution < 1.29 is 9.53 Å². The van der Waals surface area contributed by atoms with E-state index in [-0.39, 0.29) is 5.91 Å². The fourth-order valence-electron chi connectivity index (χ4n) is 2.88. The Bertz CT molecular complexity index is 738. The van der Waals surface area contributed by atoms with Crippen LogP contribution in [-0.2, 0) is 11.3 Å². The van der Waals surface area contributed by atoms with Gasteiger partial charge in [0.1, 0.15) is 12.1 Å². The molecule has 0 bridgehead atoms. The number of amides is 1. The van der Waals surface area contributed by atoms with Crippen LogP contribution in [0, 0.1) is 0 Å². The van der Waals surface area contributed by atoms with E-state index in [0.29, 0.717) is 24.4 Å². The van der Waals surface area contributed by atoms with Crippen molar-refractivity contribution in [2.45, 2.75) is 49.5 Å². The maximum Gasteiger partial charge on any atom is 0.233 e. The molecule has 1 amide bonds. The van der Waals surface area contributed by atoms with E-state index in [1.165, 1.54) is 24.6 Å². The van der Waals surface area contributed by atoms with E-state index in [4.69, 9.17) is 4.74 Å². The molecule has 25 heavy (non-hydrogen) atoms.